The van der Waals surface area contributed by atoms with E-state index in [0.717, 1.165) is 5.57 Å². The average molecular weight is 240 g/mol. The van der Waals surface area contributed by atoms with Crippen molar-refractivity contribution in [1.82, 2.24) is 5.01 Å². The second-order valence-electron chi connectivity index (χ2n) is 3.30. The number of nitrogens with two attached hydrogens (primary N) is 1. The third-order valence-electron chi connectivity index (χ3n) is 2.16. The van der Waals surface area contributed by atoms with Gasteiger partial charge in [-0.3, -0.25) is 10.0 Å². The van der Waals surface area contributed by atoms with E-state index in [4.69, 9.17) is 10.5 Å². The van der Waals surface area contributed by atoms with Crippen LogP contribution in [0.25, 0.3) is 0 Å². The van der Waals surface area contributed by atoms with Crippen LogP contribution in [0.4, 0.5) is 0 Å². The van der Waals surface area contributed by atoms with Crippen molar-refractivity contribution in [1.29, 1.82) is 0 Å². The van der Waals surface area contributed by atoms with Gasteiger partial charge in [0, 0.05) is 13.6 Å². The summed E-state index contributed by atoms with van der Waals surface area (Å²) < 4.78 is 5.19. The fraction of sp³-hybridized carbons (Fsp3) is 0.545. The first kappa shape index (κ1) is 15.2. The van der Waals surface area contributed by atoms with E-state index in [0.29, 0.717) is 13.1 Å². The second-order valence-corrected chi connectivity index (χ2v) is 3.30. The zero-order valence-electron chi connectivity index (χ0n) is 10.5. The van der Waals surface area contributed by atoms with Gasteiger partial charge in [-0.25, -0.2) is 0 Å². The maximum Gasteiger partial charge on any atom is 0.170 e. The predicted molar refractivity (Wildman–Crippen MR) is 69.4 cm³/mol. The quantitative estimate of drug-likeness (QED) is 0.458. The first-order valence-electron chi connectivity index (χ1n) is 5.42. The van der Waals surface area contributed by atoms with Gasteiger partial charge in [0.05, 0.1) is 11.8 Å². The van der Waals surface area contributed by atoms with Crippen LogP contribution in [0.5, 0.6) is 0 Å². The summed E-state index contributed by atoms with van der Waals surface area (Å²) in [5.41, 5.74) is 6.33. The van der Waals surface area contributed by atoms with Crippen molar-refractivity contribution in [2.24, 2.45) is 16.0 Å². The van der Waals surface area contributed by atoms with E-state index in [2.05, 4.69) is 10.3 Å². The van der Waals surface area contributed by atoms with E-state index in [-0.39, 0.29) is 6.10 Å². The Bertz CT molecular complexity index is 292. The molecule has 0 amide bonds. The molecule has 0 bridgehead atoms. The Labute approximate surface area is 102 Å². The zero-order chi connectivity index (χ0) is 13.1. The Kier molecular flexibility index (Phi) is 8.36. The van der Waals surface area contributed by atoms with Crippen molar-refractivity contribution in [3.8, 4) is 0 Å². The molecule has 1 aliphatic heterocycles. The summed E-state index contributed by atoms with van der Waals surface area (Å²) in [6.07, 6.45) is 6.87. The van der Waals surface area contributed by atoms with Crippen molar-refractivity contribution in [3.63, 3.8) is 0 Å². The second kappa shape index (κ2) is 9.38. The van der Waals surface area contributed by atoms with Crippen LogP contribution in [-0.4, -0.2) is 37.7 Å². The highest BCUT2D eigenvalue weighted by molar-refractivity contribution is 5.51. The summed E-state index contributed by atoms with van der Waals surface area (Å²) in [7, 11) is 1.63. The first-order valence-corrected chi connectivity index (χ1v) is 5.42. The molecule has 0 saturated heterocycles. The number of hydrogen-bond donors (Lipinski definition) is 1. The van der Waals surface area contributed by atoms with E-state index in [1.807, 2.05) is 26.0 Å². The third-order valence-corrected chi connectivity index (χ3v) is 2.16. The lowest BCUT2D eigenvalue weighted by atomic mass is 10.1. The van der Waals surface area contributed by atoms with Gasteiger partial charge in [-0.05, 0) is 31.7 Å². The van der Waals surface area contributed by atoms with Gasteiger partial charge in [0.15, 0.2) is 6.40 Å². The molecule has 0 radical (unpaired) electrons. The van der Waals surface area contributed by atoms with Crippen LogP contribution in [0.1, 0.15) is 13.8 Å². The molecule has 17 heavy (non-hydrogen) atoms. The third kappa shape index (κ3) is 6.34. The summed E-state index contributed by atoms with van der Waals surface area (Å²) in [5.74, 6) is 0. The summed E-state index contributed by atoms with van der Waals surface area (Å²) >= 11 is 0. The van der Waals surface area contributed by atoms with Crippen LogP contribution < -0.4 is 5.73 Å². The van der Waals surface area contributed by atoms with Gasteiger partial charge in [0.25, 0.3) is 0 Å². The van der Waals surface area contributed by atoms with E-state index in [9.17, 15) is 4.91 Å². The Hall–Kier alpha value is -1.85. The standard InChI is InChI=1S/C8H12N2O.C3H8N2O/c1-2-7(3-4-9)8-5-10-6-11-8;1-3-5(2)4-6/h2-4,6,8H,5,9H2,1H3;3H2,1-2H3/b4-3-,7-2+;. The van der Waals surface area contributed by atoms with Gasteiger partial charge in [0.1, 0.15) is 6.10 Å². The van der Waals surface area contributed by atoms with Crippen molar-refractivity contribution in [2.75, 3.05) is 20.1 Å². The largest absolute Gasteiger partial charge is 0.474 e. The molecule has 0 aromatic carbocycles. The van der Waals surface area contributed by atoms with Gasteiger partial charge < -0.3 is 10.5 Å². The van der Waals surface area contributed by atoms with Crippen molar-refractivity contribution >= 4 is 6.40 Å². The molecule has 1 unspecified atom stereocenters. The van der Waals surface area contributed by atoms with Gasteiger partial charge in [0.2, 0.25) is 0 Å². The van der Waals surface area contributed by atoms with E-state index in [1.54, 1.807) is 7.05 Å². The number of rotatable bonds is 4. The van der Waals surface area contributed by atoms with Crippen LogP contribution in [-0.2, 0) is 4.74 Å². The minimum absolute atomic E-state index is 0.0693. The van der Waals surface area contributed by atoms with Gasteiger partial charge in [-0.15, -0.1) is 4.91 Å². The van der Waals surface area contributed by atoms with Crippen molar-refractivity contribution < 1.29 is 4.74 Å². The van der Waals surface area contributed by atoms with Crippen LogP contribution in [0.3, 0.4) is 0 Å². The van der Waals surface area contributed by atoms with Crippen LogP contribution in [0.15, 0.2) is 34.2 Å². The smallest absolute Gasteiger partial charge is 0.170 e. The number of allylic oxidation sites excluding steroid dienone is 1. The van der Waals surface area contributed by atoms with E-state index in [1.165, 1.54) is 17.6 Å². The maximum atomic E-state index is 9.41. The lowest BCUT2D eigenvalue weighted by Crippen LogP contribution is -2.12. The normalized spacial score (nSPS) is 18.5. The number of nitrogens with zero attached hydrogens (tertiary/aromatic N) is 3. The molecule has 0 fully saturated rings. The number of nitroso groups, excluding NO2 is 1. The van der Waals surface area contributed by atoms with Gasteiger partial charge in [-0.1, -0.05) is 6.08 Å². The zero-order valence-corrected chi connectivity index (χ0v) is 10.5. The molecule has 0 saturated carbocycles. The molecule has 0 aromatic rings. The predicted octanol–water partition coefficient (Wildman–Crippen LogP) is 1.45. The molecule has 0 aliphatic carbocycles. The molecular formula is C11H20N4O2. The summed E-state index contributed by atoms with van der Waals surface area (Å²) in [6, 6.07) is 0. The summed E-state index contributed by atoms with van der Waals surface area (Å²) in [4.78, 5) is 13.4. The molecule has 96 valence electrons. The number of ether oxygens (including phenoxy) is 1. The Morgan fingerprint density at radius 1 is 1.76 bits per heavy atom. The highest BCUT2D eigenvalue weighted by Gasteiger charge is 2.14. The Morgan fingerprint density at radius 3 is 2.76 bits per heavy atom. The monoisotopic (exact) mass is 240 g/mol. The molecule has 6 nitrogen and oxygen atoms in total. The highest BCUT2D eigenvalue weighted by Crippen LogP contribution is 2.11. The van der Waals surface area contributed by atoms with E-state index < -0.39 is 0 Å². The lowest BCUT2D eigenvalue weighted by molar-refractivity contribution is 0.276. The van der Waals surface area contributed by atoms with Crippen LogP contribution in [0, 0.1) is 4.91 Å². The minimum atomic E-state index is 0.0693. The SMILES string of the molecule is C/C=C(\C=C/N)C1CN=CO1.CCN(C)N=O. The first-order chi connectivity index (χ1) is 8.19. The highest BCUT2D eigenvalue weighted by atomic mass is 16.5. The minimum Gasteiger partial charge on any atom is -0.474 e. The molecule has 1 rings (SSSR count). The Morgan fingerprint density at radius 2 is 2.47 bits per heavy atom. The fourth-order valence-electron chi connectivity index (χ4n) is 1.04. The van der Waals surface area contributed by atoms with Crippen LogP contribution >= 0.6 is 0 Å². The molecule has 2 N–H and O–H groups in total. The number of aliphatic imine (C=N–C) groups is 1. The molecule has 1 atom stereocenters. The molecule has 6 heteroatoms. The number of hydrogen-bond acceptors (Lipinski definition) is 5. The molecule has 1 aliphatic rings. The van der Waals surface area contributed by atoms with Crippen molar-refractivity contribution in [2.45, 2.75) is 20.0 Å². The topological polar surface area (TPSA) is 80.3 Å². The van der Waals surface area contributed by atoms with Gasteiger partial charge >= 0.3 is 0 Å². The van der Waals surface area contributed by atoms with Gasteiger partial charge in [-0.2, -0.15) is 0 Å². The average Bonchev–Trinajstić information content (AvgIpc) is 2.89. The fourth-order valence-corrected chi connectivity index (χ4v) is 1.04. The molecule has 0 spiro atoms. The molecule has 1 heterocycles. The maximum absolute atomic E-state index is 9.41. The lowest BCUT2D eigenvalue weighted by Gasteiger charge is -2.08. The van der Waals surface area contributed by atoms with E-state index >= 15 is 0 Å². The Balaban J connectivity index is 0.000000366. The van der Waals surface area contributed by atoms with Crippen LogP contribution in [0.2, 0.25) is 0 Å². The molecular weight excluding hydrogens is 220 g/mol. The summed E-state index contributed by atoms with van der Waals surface area (Å²) in [5, 5.41) is 3.91. The van der Waals surface area contributed by atoms with Crippen molar-refractivity contribution in [3.05, 3.63) is 28.8 Å². The molecule has 0 aromatic heterocycles. The summed E-state index contributed by atoms with van der Waals surface area (Å²) in [6.45, 7) is 5.20.